The second-order valence-corrected chi connectivity index (χ2v) is 5.03. The second-order valence-electron chi connectivity index (χ2n) is 5.03. The molecule has 5 nitrogen and oxygen atoms in total. The summed E-state index contributed by atoms with van der Waals surface area (Å²) in [7, 11) is 0. The van der Waals surface area contributed by atoms with Gasteiger partial charge in [-0.2, -0.15) is 5.10 Å². The Balaban J connectivity index is 1.95. The molecule has 1 aliphatic heterocycles. The number of nitrogens with zero attached hydrogens (tertiary/aromatic N) is 2. The van der Waals surface area contributed by atoms with Crippen LogP contribution in [0.4, 0.5) is 10.1 Å². The van der Waals surface area contributed by atoms with Crippen molar-refractivity contribution in [3.8, 4) is 11.3 Å². The van der Waals surface area contributed by atoms with Crippen molar-refractivity contribution < 1.29 is 9.13 Å². The predicted octanol–water partition coefficient (Wildman–Crippen LogP) is 1.72. The third kappa shape index (κ3) is 2.80. The van der Waals surface area contributed by atoms with Gasteiger partial charge in [-0.05, 0) is 24.6 Å². The van der Waals surface area contributed by atoms with E-state index in [0.717, 1.165) is 5.56 Å². The maximum absolute atomic E-state index is 14.3. The van der Waals surface area contributed by atoms with Crippen LogP contribution >= 0.6 is 0 Å². The summed E-state index contributed by atoms with van der Waals surface area (Å²) in [5.41, 5.74) is 2.27. The Hall–Kier alpha value is -2.21. The molecule has 6 heteroatoms. The first-order chi connectivity index (χ1) is 10.1. The summed E-state index contributed by atoms with van der Waals surface area (Å²) in [6.45, 7) is 4.38. The molecule has 0 saturated carbocycles. The van der Waals surface area contributed by atoms with Crippen LogP contribution in [-0.2, 0) is 4.74 Å². The molecule has 3 rings (SSSR count). The second kappa shape index (κ2) is 5.65. The molecule has 1 aliphatic rings. The van der Waals surface area contributed by atoms with Crippen molar-refractivity contribution >= 4 is 5.69 Å². The Morgan fingerprint density at radius 3 is 2.71 bits per heavy atom. The smallest absolute Gasteiger partial charge is 0.264 e. The van der Waals surface area contributed by atoms with Crippen molar-refractivity contribution in [1.29, 1.82) is 0 Å². The topological polar surface area (TPSA) is 58.2 Å². The summed E-state index contributed by atoms with van der Waals surface area (Å²) in [6.07, 6.45) is 0. The minimum Gasteiger partial charge on any atom is -0.378 e. The van der Waals surface area contributed by atoms with Gasteiger partial charge in [0.25, 0.3) is 5.56 Å². The summed E-state index contributed by atoms with van der Waals surface area (Å²) >= 11 is 0. The maximum atomic E-state index is 14.3. The van der Waals surface area contributed by atoms with Crippen molar-refractivity contribution in [2.75, 3.05) is 31.2 Å². The maximum Gasteiger partial charge on any atom is 0.264 e. The molecule has 110 valence electrons. The normalized spacial score (nSPS) is 15.2. The molecule has 0 spiro atoms. The number of aromatic amines is 1. The van der Waals surface area contributed by atoms with Gasteiger partial charge < -0.3 is 9.64 Å². The summed E-state index contributed by atoms with van der Waals surface area (Å²) in [4.78, 5) is 13.2. The quantitative estimate of drug-likeness (QED) is 0.914. The highest BCUT2D eigenvalue weighted by molar-refractivity contribution is 5.66. The molecule has 0 radical (unpaired) electrons. The molecule has 0 bridgehead atoms. The van der Waals surface area contributed by atoms with E-state index in [1.165, 1.54) is 12.1 Å². The highest BCUT2D eigenvalue weighted by Crippen LogP contribution is 2.27. The third-order valence-electron chi connectivity index (χ3n) is 3.57. The highest BCUT2D eigenvalue weighted by atomic mass is 19.1. The molecule has 1 aromatic carbocycles. The first-order valence-electron chi connectivity index (χ1n) is 6.84. The lowest BCUT2D eigenvalue weighted by Crippen LogP contribution is -2.36. The van der Waals surface area contributed by atoms with Crippen LogP contribution in [0.3, 0.4) is 0 Å². The van der Waals surface area contributed by atoms with Crippen LogP contribution in [0.25, 0.3) is 11.3 Å². The molecule has 1 N–H and O–H groups in total. The number of hydrogen-bond acceptors (Lipinski definition) is 4. The number of aryl methyl sites for hydroxylation is 1. The van der Waals surface area contributed by atoms with Gasteiger partial charge >= 0.3 is 0 Å². The lowest BCUT2D eigenvalue weighted by Gasteiger charge is -2.29. The number of anilines is 1. The highest BCUT2D eigenvalue weighted by Gasteiger charge is 2.16. The lowest BCUT2D eigenvalue weighted by atomic mass is 10.1. The Labute approximate surface area is 121 Å². The van der Waals surface area contributed by atoms with Gasteiger partial charge in [-0.25, -0.2) is 9.49 Å². The van der Waals surface area contributed by atoms with E-state index in [4.69, 9.17) is 4.74 Å². The van der Waals surface area contributed by atoms with Crippen molar-refractivity contribution in [3.63, 3.8) is 0 Å². The molecule has 1 aromatic heterocycles. The Kier molecular flexibility index (Phi) is 3.70. The van der Waals surface area contributed by atoms with Crippen LogP contribution in [0.1, 0.15) is 5.56 Å². The summed E-state index contributed by atoms with van der Waals surface area (Å²) in [6, 6.07) is 6.48. The Bertz CT molecular complexity index is 708. The summed E-state index contributed by atoms with van der Waals surface area (Å²) in [5, 5.41) is 6.38. The van der Waals surface area contributed by atoms with Crippen molar-refractivity contribution in [1.82, 2.24) is 10.2 Å². The number of morpholine rings is 1. The van der Waals surface area contributed by atoms with Gasteiger partial charge in [-0.3, -0.25) is 4.79 Å². The van der Waals surface area contributed by atoms with Crippen LogP contribution in [0.2, 0.25) is 0 Å². The number of aromatic nitrogens is 2. The molecule has 0 unspecified atom stereocenters. The zero-order valence-corrected chi connectivity index (χ0v) is 11.7. The van der Waals surface area contributed by atoms with Crippen LogP contribution in [0, 0.1) is 12.7 Å². The Morgan fingerprint density at radius 1 is 1.29 bits per heavy atom. The van der Waals surface area contributed by atoms with E-state index in [9.17, 15) is 9.18 Å². The average molecular weight is 289 g/mol. The minimum atomic E-state index is -0.290. The van der Waals surface area contributed by atoms with E-state index >= 15 is 0 Å². The van der Waals surface area contributed by atoms with Gasteiger partial charge in [-0.15, -0.1) is 0 Å². The fourth-order valence-electron chi connectivity index (χ4n) is 2.50. The summed E-state index contributed by atoms with van der Waals surface area (Å²) < 4.78 is 19.6. The molecule has 0 atom stereocenters. The third-order valence-corrected chi connectivity index (χ3v) is 3.57. The predicted molar refractivity (Wildman–Crippen MR) is 78.0 cm³/mol. The molecule has 1 saturated heterocycles. The summed E-state index contributed by atoms with van der Waals surface area (Å²) in [5.74, 6) is -0.290. The van der Waals surface area contributed by atoms with Crippen molar-refractivity contribution in [3.05, 3.63) is 46.0 Å². The van der Waals surface area contributed by atoms with Crippen LogP contribution < -0.4 is 10.5 Å². The van der Waals surface area contributed by atoms with Gasteiger partial charge in [0, 0.05) is 24.7 Å². The van der Waals surface area contributed by atoms with Gasteiger partial charge in [-0.1, -0.05) is 6.07 Å². The number of halogens is 1. The van der Waals surface area contributed by atoms with E-state index in [1.54, 1.807) is 13.0 Å². The van der Waals surface area contributed by atoms with Gasteiger partial charge in [0.2, 0.25) is 0 Å². The molecule has 1 fully saturated rings. The van der Waals surface area contributed by atoms with E-state index in [0.29, 0.717) is 43.2 Å². The first-order valence-corrected chi connectivity index (χ1v) is 6.84. The number of ether oxygens (including phenoxy) is 1. The van der Waals surface area contributed by atoms with E-state index in [2.05, 4.69) is 10.2 Å². The number of hydrogen-bond donors (Lipinski definition) is 1. The molecule has 0 aliphatic carbocycles. The fourth-order valence-corrected chi connectivity index (χ4v) is 2.50. The van der Waals surface area contributed by atoms with Gasteiger partial charge in [0.05, 0.1) is 24.6 Å². The molecule has 2 aromatic rings. The molecule has 2 heterocycles. The number of benzene rings is 1. The van der Waals surface area contributed by atoms with Crippen LogP contribution in [-0.4, -0.2) is 36.5 Å². The standard InChI is InChI=1S/C15H16FN3O2/c1-10-8-14(20)17-18-15(10)11-2-3-13(12(16)9-11)19-4-6-21-7-5-19/h2-3,8-9H,4-7H2,1H3,(H,17,20). The first kappa shape index (κ1) is 13.8. The number of rotatable bonds is 2. The largest absolute Gasteiger partial charge is 0.378 e. The number of nitrogens with one attached hydrogen (secondary N) is 1. The zero-order valence-electron chi connectivity index (χ0n) is 11.7. The molecule has 21 heavy (non-hydrogen) atoms. The van der Waals surface area contributed by atoms with E-state index < -0.39 is 0 Å². The number of H-pyrrole nitrogens is 1. The lowest BCUT2D eigenvalue weighted by molar-refractivity contribution is 0.122. The van der Waals surface area contributed by atoms with Gasteiger partial charge in [0.15, 0.2) is 0 Å². The Morgan fingerprint density at radius 2 is 2.05 bits per heavy atom. The SMILES string of the molecule is Cc1cc(=O)[nH]nc1-c1ccc(N2CCOCC2)c(F)c1. The average Bonchev–Trinajstić information content (AvgIpc) is 2.48. The van der Waals surface area contributed by atoms with Gasteiger partial charge in [0.1, 0.15) is 5.82 Å². The fraction of sp³-hybridized carbons (Fsp3) is 0.333. The van der Waals surface area contributed by atoms with Crippen molar-refractivity contribution in [2.45, 2.75) is 6.92 Å². The molecular weight excluding hydrogens is 273 g/mol. The van der Waals surface area contributed by atoms with Crippen LogP contribution in [0.5, 0.6) is 0 Å². The molecular formula is C15H16FN3O2. The monoisotopic (exact) mass is 289 g/mol. The van der Waals surface area contributed by atoms with E-state index in [1.807, 2.05) is 11.0 Å². The molecule has 0 amide bonds. The zero-order chi connectivity index (χ0) is 14.8. The van der Waals surface area contributed by atoms with E-state index in [-0.39, 0.29) is 11.4 Å². The van der Waals surface area contributed by atoms with Crippen molar-refractivity contribution in [2.24, 2.45) is 0 Å². The van der Waals surface area contributed by atoms with Crippen LogP contribution in [0.15, 0.2) is 29.1 Å². The minimum absolute atomic E-state index is 0.262.